The average molecular weight is 364 g/mol. The third-order valence-electron chi connectivity index (χ3n) is 3.47. The Labute approximate surface area is 149 Å². The quantitative estimate of drug-likeness (QED) is 0.811. The van der Waals surface area contributed by atoms with E-state index in [1.54, 1.807) is 12.3 Å². The number of hydrogen-bond donors (Lipinski definition) is 2. The lowest BCUT2D eigenvalue weighted by Crippen LogP contribution is -2.42. The Morgan fingerprint density at radius 3 is 2.52 bits per heavy atom. The Bertz CT molecular complexity index is 781. The van der Waals surface area contributed by atoms with Crippen molar-refractivity contribution < 1.29 is 13.6 Å². The van der Waals surface area contributed by atoms with Gasteiger partial charge in [0.15, 0.2) is 16.7 Å². The average Bonchev–Trinajstić information content (AvgIpc) is 2.55. The van der Waals surface area contributed by atoms with E-state index in [-0.39, 0.29) is 17.6 Å². The van der Waals surface area contributed by atoms with E-state index >= 15 is 0 Å². The third-order valence-corrected chi connectivity index (χ3v) is 3.79. The number of carbonyl (C=O) groups excluding carboxylic acids is 1. The van der Waals surface area contributed by atoms with Crippen LogP contribution in [-0.4, -0.2) is 21.0 Å². The highest BCUT2D eigenvalue weighted by Gasteiger charge is 2.17. The molecule has 0 fully saturated rings. The summed E-state index contributed by atoms with van der Waals surface area (Å²) in [4.78, 5) is 17.0. The molecule has 0 aliphatic heterocycles. The molecule has 2 rings (SSSR count). The van der Waals surface area contributed by atoms with Crippen LogP contribution in [0.5, 0.6) is 0 Å². The summed E-state index contributed by atoms with van der Waals surface area (Å²) in [7, 11) is 0. The van der Waals surface area contributed by atoms with Crippen molar-refractivity contribution in [2.24, 2.45) is 5.73 Å². The zero-order chi connectivity index (χ0) is 18.6. The lowest BCUT2D eigenvalue weighted by Gasteiger charge is -2.22. The number of benzene rings is 1. The van der Waals surface area contributed by atoms with Gasteiger partial charge in [0.25, 0.3) is 0 Å². The second kappa shape index (κ2) is 7.98. The molecule has 2 aromatic rings. The van der Waals surface area contributed by atoms with Gasteiger partial charge in [-0.05, 0) is 48.0 Å². The lowest BCUT2D eigenvalue weighted by atomic mass is 10.1. The van der Waals surface area contributed by atoms with Crippen molar-refractivity contribution in [1.82, 2.24) is 9.88 Å². The minimum Gasteiger partial charge on any atom is -0.351 e. The molecule has 0 aliphatic carbocycles. The maximum Gasteiger partial charge on any atom is 0.321 e. The highest BCUT2D eigenvalue weighted by Crippen LogP contribution is 2.16. The molecule has 25 heavy (non-hydrogen) atoms. The van der Waals surface area contributed by atoms with Crippen molar-refractivity contribution in [3.05, 3.63) is 59.4 Å². The first-order valence-electron chi connectivity index (χ1n) is 7.55. The highest BCUT2D eigenvalue weighted by molar-refractivity contribution is 7.80. The molecule has 1 heterocycles. The van der Waals surface area contributed by atoms with Crippen LogP contribution in [0.25, 0.3) is 0 Å². The van der Waals surface area contributed by atoms with Crippen LogP contribution in [0.15, 0.2) is 36.5 Å². The van der Waals surface area contributed by atoms with Gasteiger partial charge in [-0.2, -0.15) is 0 Å². The number of nitrogens with one attached hydrogen (secondary N) is 1. The first-order chi connectivity index (χ1) is 11.8. The molecular weight excluding hydrogens is 346 g/mol. The molecule has 0 saturated heterocycles. The van der Waals surface area contributed by atoms with Crippen molar-refractivity contribution in [2.75, 3.05) is 5.32 Å². The molecule has 2 amide bonds. The summed E-state index contributed by atoms with van der Waals surface area (Å²) in [5.74, 6) is -1.68. The van der Waals surface area contributed by atoms with E-state index in [1.807, 2.05) is 19.9 Å². The predicted molar refractivity (Wildman–Crippen MR) is 96.0 cm³/mol. The van der Waals surface area contributed by atoms with Crippen LogP contribution in [0.2, 0.25) is 0 Å². The Hall–Kier alpha value is -2.61. The van der Waals surface area contributed by atoms with Crippen molar-refractivity contribution in [3.8, 4) is 0 Å². The van der Waals surface area contributed by atoms with Gasteiger partial charge in [-0.1, -0.05) is 19.9 Å². The number of urea groups is 1. The van der Waals surface area contributed by atoms with Gasteiger partial charge < -0.3 is 11.1 Å². The second-order valence-corrected chi connectivity index (χ2v) is 6.12. The topological polar surface area (TPSA) is 71.2 Å². The molecule has 1 aromatic heterocycles. The van der Waals surface area contributed by atoms with Crippen LogP contribution in [0.1, 0.15) is 31.0 Å². The van der Waals surface area contributed by atoms with Crippen molar-refractivity contribution in [1.29, 1.82) is 0 Å². The maximum atomic E-state index is 13.3. The van der Waals surface area contributed by atoms with E-state index in [2.05, 4.69) is 10.3 Å². The van der Waals surface area contributed by atoms with Crippen LogP contribution in [0.4, 0.5) is 19.3 Å². The number of amides is 2. The van der Waals surface area contributed by atoms with Gasteiger partial charge in [0, 0.05) is 5.69 Å². The highest BCUT2D eigenvalue weighted by atomic mass is 32.1. The van der Waals surface area contributed by atoms with Gasteiger partial charge >= 0.3 is 6.03 Å². The second-order valence-electron chi connectivity index (χ2n) is 5.73. The summed E-state index contributed by atoms with van der Waals surface area (Å²) in [5, 5.41) is 2.90. The summed E-state index contributed by atoms with van der Waals surface area (Å²) in [6.45, 7) is 3.96. The molecule has 0 aliphatic rings. The summed E-state index contributed by atoms with van der Waals surface area (Å²) in [5.41, 5.74) is 7.21. The number of carbonyl (C=O) groups is 1. The Balaban J connectivity index is 2.12. The van der Waals surface area contributed by atoms with Gasteiger partial charge in [0.05, 0.1) is 18.4 Å². The van der Waals surface area contributed by atoms with Gasteiger partial charge in [-0.3, -0.25) is 9.88 Å². The number of nitrogens with zero attached hydrogens (tertiary/aromatic N) is 2. The molecule has 3 N–H and O–H groups in total. The van der Waals surface area contributed by atoms with Crippen molar-refractivity contribution >= 4 is 29.0 Å². The van der Waals surface area contributed by atoms with Crippen LogP contribution in [0, 0.1) is 11.6 Å². The summed E-state index contributed by atoms with van der Waals surface area (Å²) < 4.78 is 26.3. The van der Waals surface area contributed by atoms with E-state index in [9.17, 15) is 13.6 Å². The number of nitrogens with two attached hydrogens (primary N) is 1. The van der Waals surface area contributed by atoms with E-state index < -0.39 is 17.7 Å². The molecule has 0 radical (unpaired) electrons. The summed E-state index contributed by atoms with van der Waals surface area (Å²) >= 11 is 5.19. The number of rotatable bonds is 4. The minimum atomic E-state index is -1.01. The zero-order valence-electron chi connectivity index (χ0n) is 13.8. The third kappa shape index (κ3) is 4.93. The largest absolute Gasteiger partial charge is 0.351 e. The molecule has 0 unspecified atom stereocenters. The molecule has 0 spiro atoms. The van der Waals surface area contributed by atoms with Crippen LogP contribution < -0.4 is 11.1 Å². The number of pyridine rings is 1. The molecule has 5 nitrogen and oxygen atoms in total. The monoisotopic (exact) mass is 364 g/mol. The predicted octanol–water partition coefficient (Wildman–Crippen LogP) is 3.76. The Morgan fingerprint density at radius 2 is 2.00 bits per heavy atom. The van der Waals surface area contributed by atoms with Gasteiger partial charge in [-0.25, -0.2) is 13.6 Å². The van der Waals surface area contributed by atoms with E-state index in [1.165, 1.54) is 6.07 Å². The van der Waals surface area contributed by atoms with Gasteiger partial charge in [0.1, 0.15) is 0 Å². The molecule has 0 saturated carbocycles. The Kier molecular flexibility index (Phi) is 5.97. The molecule has 132 valence electrons. The zero-order valence-corrected chi connectivity index (χ0v) is 14.6. The van der Waals surface area contributed by atoms with E-state index in [0.717, 1.165) is 22.7 Å². The number of aromatic nitrogens is 1. The first kappa shape index (κ1) is 18.7. The molecule has 8 heteroatoms. The Morgan fingerprint density at radius 1 is 1.28 bits per heavy atom. The summed E-state index contributed by atoms with van der Waals surface area (Å²) in [6, 6.07) is 6.15. The van der Waals surface area contributed by atoms with E-state index in [0.29, 0.717) is 11.3 Å². The molecule has 0 bridgehead atoms. The van der Waals surface area contributed by atoms with Crippen LogP contribution in [0.3, 0.4) is 0 Å². The number of thiocarbonyl (C=S) groups is 1. The summed E-state index contributed by atoms with van der Waals surface area (Å²) in [6.07, 6.45) is 1.60. The number of halogens is 2. The van der Waals surface area contributed by atoms with E-state index in [4.69, 9.17) is 18.0 Å². The standard InChI is InChI=1S/C17H18F2N4OS/c1-10(2)15-6-4-12(8-21-15)22-17(25)23(16(20)24)9-11-3-5-13(18)14(19)7-11/h3-8,10H,9H2,1-2H3,(H2,20,24)(H,22,25). The smallest absolute Gasteiger partial charge is 0.321 e. The molecular formula is C17H18F2N4OS. The van der Waals surface area contributed by atoms with Crippen LogP contribution >= 0.6 is 12.2 Å². The van der Waals surface area contributed by atoms with Crippen molar-refractivity contribution in [2.45, 2.75) is 26.3 Å². The fraction of sp³-hybridized carbons (Fsp3) is 0.235. The van der Waals surface area contributed by atoms with Crippen LogP contribution in [-0.2, 0) is 6.54 Å². The fourth-order valence-corrected chi connectivity index (χ4v) is 2.35. The lowest BCUT2D eigenvalue weighted by molar-refractivity contribution is 0.229. The SMILES string of the molecule is CC(C)c1ccc(NC(=S)N(Cc2ccc(F)c(F)c2)C(N)=O)cn1. The minimum absolute atomic E-state index is 0.0383. The number of primary amides is 1. The number of hydrogen-bond acceptors (Lipinski definition) is 3. The van der Waals surface area contributed by atoms with Crippen molar-refractivity contribution in [3.63, 3.8) is 0 Å². The molecule has 0 atom stereocenters. The maximum absolute atomic E-state index is 13.3. The number of anilines is 1. The molecule has 1 aromatic carbocycles. The first-order valence-corrected chi connectivity index (χ1v) is 7.96. The van der Waals surface area contributed by atoms with Gasteiger partial charge in [-0.15, -0.1) is 0 Å². The van der Waals surface area contributed by atoms with Gasteiger partial charge in [0.2, 0.25) is 0 Å². The normalized spacial score (nSPS) is 10.6. The fourth-order valence-electron chi connectivity index (χ4n) is 2.08.